The topological polar surface area (TPSA) is 68.3 Å². The van der Waals surface area contributed by atoms with E-state index in [1.54, 1.807) is 30.3 Å². The Balaban J connectivity index is 1.40. The van der Waals surface area contributed by atoms with Crippen molar-refractivity contribution in [2.75, 3.05) is 5.32 Å². The molecule has 2 aromatic heterocycles. The van der Waals surface area contributed by atoms with Crippen LogP contribution in [-0.4, -0.2) is 10.9 Å². The molecule has 0 fully saturated rings. The Morgan fingerprint density at radius 2 is 1.75 bits per heavy atom. The summed E-state index contributed by atoms with van der Waals surface area (Å²) in [5.41, 5.74) is 5.85. The van der Waals surface area contributed by atoms with E-state index >= 15 is 0 Å². The number of nitrogens with zero attached hydrogens (tertiary/aromatic N) is 1. The standard InChI is InChI=1S/C26H19ClN2O3/c1-15-7-8-17(13-16(15)2)22-11-12-24(31-22)25(30)28-18-9-10-20(27)19(14-18)26-29-21-5-3-4-6-23(21)32-26/h3-14H,1-2H3,(H,28,30). The number of rotatable bonds is 4. The Bertz CT molecular complexity index is 1430. The summed E-state index contributed by atoms with van der Waals surface area (Å²) in [6.07, 6.45) is 0. The summed E-state index contributed by atoms with van der Waals surface area (Å²) in [7, 11) is 0. The molecule has 3 aromatic carbocycles. The molecule has 0 atom stereocenters. The van der Waals surface area contributed by atoms with E-state index in [1.807, 2.05) is 49.4 Å². The predicted octanol–water partition coefficient (Wildman–Crippen LogP) is 7.28. The van der Waals surface area contributed by atoms with Crippen molar-refractivity contribution in [2.45, 2.75) is 13.8 Å². The van der Waals surface area contributed by atoms with Crippen LogP contribution in [0.2, 0.25) is 5.02 Å². The molecule has 158 valence electrons. The first-order valence-electron chi connectivity index (χ1n) is 10.1. The monoisotopic (exact) mass is 442 g/mol. The van der Waals surface area contributed by atoms with Gasteiger partial charge in [-0.2, -0.15) is 0 Å². The maximum Gasteiger partial charge on any atom is 0.291 e. The quantitative estimate of drug-likeness (QED) is 0.317. The fourth-order valence-electron chi connectivity index (χ4n) is 3.46. The van der Waals surface area contributed by atoms with E-state index in [1.165, 1.54) is 5.56 Å². The van der Waals surface area contributed by atoms with Crippen LogP contribution in [0, 0.1) is 13.8 Å². The van der Waals surface area contributed by atoms with Gasteiger partial charge in [0.2, 0.25) is 5.89 Å². The predicted molar refractivity (Wildman–Crippen MR) is 126 cm³/mol. The van der Waals surface area contributed by atoms with Crippen LogP contribution in [0.4, 0.5) is 5.69 Å². The van der Waals surface area contributed by atoms with E-state index < -0.39 is 0 Å². The normalized spacial score (nSPS) is 11.1. The zero-order chi connectivity index (χ0) is 22.2. The summed E-state index contributed by atoms with van der Waals surface area (Å²) < 4.78 is 11.6. The number of aromatic nitrogens is 1. The van der Waals surface area contributed by atoms with Gasteiger partial charge in [-0.3, -0.25) is 4.79 Å². The number of nitrogens with one attached hydrogen (secondary N) is 1. The molecule has 0 aliphatic rings. The largest absolute Gasteiger partial charge is 0.451 e. The maximum atomic E-state index is 12.8. The van der Waals surface area contributed by atoms with Crippen LogP contribution in [0.15, 0.2) is 81.6 Å². The number of carbonyl (C=O) groups is 1. The lowest BCUT2D eigenvalue weighted by atomic mass is 10.1. The molecular weight excluding hydrogens is 424 g/mol. The van der Waals surface area contributed by atoms with Crippen LogP contribution in [0.25, 0.3) is 33.9 Å². The molecule has 0 aliphatic heterocycles. The number of hydrogen-bond donors (Lipinski definition) is 1. The summed E-state index contributed by atoms with van der Waals surface area (Å²) in [6, 6.07) is 22.2. The Labute approximate surface area is 189 Å². The molecule has 0 saturated heterocycles. The number of furan rings is 1. The molecule has 1 amide bonds. The van der Waals surface area contributed by atoms with Gasteiger partial charge in [0.15, 0.2) is 11.3 Å². The highest BCUT2D eigenvalue weighted by Crippen LogP contribution is 2.32. The van der Waals surface area contributed by atoms with Gasteiger partial charge >= 0.3 is 0 Å². The van der Waals surface area contributed by atoms with Crippen molar-refractivity contribution < 1.29 is 13.6 Å². The van der Waals surface area contributed by atoms with E-state index in [0.717, 1.165) is 16.6 Å². The average molecular weight is 443 g/mol. The lowest BCUT2D eigenvalue weighted by Gasteiger charge is -2.06. The van der Waals surface area contributed by atoms with E-state index in [2.05, 4.69) is 17.2 Å². The van der Waals surface area contributed by atoms with Gasteiger partial charge in [-0.05, 0) is 73.5 Å². The zero-order valence-corrected chi connectivity index (χ0v) is 18.2. The second kappa shape index (κ2) is 8.02. The SMILES string of the molecule is Cc1ccc(-c2ccc(C(=O)Nc3ccc(Cl)c(-c4nc5ccccc5o4)c3)o2)cc1C. The number of halogens is 1. The second-order valence-electron chi connectivity index (χ2n) is 7.60. The molecule has 2 heterocycles. The smallest absolute Gasteiger partial charge is 0.291 e. The minimum Gasteiger partial charge on any atom is -0.451 e. The lowest BCUT2D eigenvalue weighted by molar-refractivity contribution is 0.0997. The number of amides is 1. The molecule has 5 rings (SSSR count). The lowest BCUT2D eigenvalue weighted by Crippen LogP contribution is -2.10. The molecule has 0 radical (unpaired) electrons. The third-order valence-electron chi connectivity index (χ3n) is 5.37. The van der Waals surface area contributed by atoms with Crippen LogP contribution < -0.4 is 5.32 Å². The van der Waals surface area contributed by atoms with Gasteiger partial charge in [-0.1, -0.05) is 35.9 Å². The first-order chi connectivity index (χ1) is 15.5. The number of benzene rings is 3. The van der Waals surface area contributed by atoms with Gasteiger partial charge in [-0.25, -0.2) is 4.98 Å². The number of aryl methyl sites for hydroxylation is 2. The van der Waals surface area contributed by atoms with E-state index in [9.17, 15) is 4.79 Å². The Kier molecular flexibility index (Phi) is 5.04. The summed E-state index contributed by atoms with van der Waals surface area (Å²) in [5.74, 6) is 0.895. The van der Waals surface area contributed by atoms with Crippen LogP contribution >= 0.6 is 11.6 Å². The van der Waals surface area contributed by atoms with E-state index in [0.29, 0.717) is 33.5 Å². The molecule has 6 heteroatoms. The summed E-state index contributed by atoms with van der Waals surface area (Å²) >= 11 is 6.38. The third kappa shape index (κ3) is 3.79. The molecule has 1 N–H and O–H groups in total. The highest BCUT2D eigenvalue weighted by Gasteiger charge is 2.16. The van der Waals surface area contributed by atoms with Crippen molar-refractivity contribution in [3.8, 4) is 22.8 Å². The minimum atomic E-state index is -0.356. The highest BCUT2D eigenvalue weighted by molar-refractivity contribution is 6.33. The zero-order valence-electron chi connectivity index (χ0n) is 17.5. The van der Waals surface area contributed by atoms with Gasteiger partial charge in [0.05, 0.1) is 10.6 Å². The summed E-state index contributed by atoms with van der Waals surface area (Å²) in [5, 5.41) is 3.33. The Hall–Kier alpha value is -3.83. The van der Waals surface area contributed by atoms with Crippen molar-refractivity contribution in [3.05, 3.63) is 94.7 Å². The van der Waals surface area contributed by atoms with Crippen LogP contribution in [-0.2, 0) is 0 Å². The van der Waals surface area contributed by atoms with Crippen LogP contribution in [0.1, 0.15) is 21.7 Å². The summed E-state index contributed by atoms with van der Waals surface area (Å²) in [4.78, 5) is 17.3. The fourth-order valence-corrected chi connectivity index (χ4v) is 3.66. The van der Waals surface area contributed by atoms with E-state index in [-0.39, 0.29) is 11.7 Å². The number of oxazole rings is 1. The molecule has 0 saturated carbocycles. The number of hydrogen-bond acceptors (Lipinski definition) is 4. The number of anilines is 1. The van der Waals surface area contributed by atoms with Crippen LogP contribution in [0.5, 0.6) is 0 Å². The Morgan fingerprint density at radius 1 is 0.906 bits per heavy atom. The third-order valence-corrected chi connectivity index (χ3v) is 5.70. The molecule has 0 aliphatic carbocycles. The number of carbonyl (C=O) groups excluding carboxylic acids is 1. The average Bonchev–Trinajstić information content (AvgIpc) is 3.44. The van der Waals surface area contributed by atoms with Crippen molar-refractivity contribution in [1.29, 1.82) is 0 Å². The first kappa shape index (κ1) is 20.1. The Morgan fingerprint density at radius 3 is 2.56 bits per heavy atom. The molecule has 32 heavy (non-hydrogen) atoms. The maximum absolute atomic E-state index is 12.8. The molecule has 0 spiro atoms. The number of para-hydroxylation sites is 2. The van der Waals surface area contributed by atoms with Gasteiger partial charge in [0.25, 0.3) is 5.91 Å². The van der Waals surface area contributed by atoms with Gasteiger partial charge in [0.1, 0.15) is 11.3 Å². The fraction of sp³-hybridized carbons (Fsp3) is 0.0769. The van der Waals surface area contributed by atoms with Crippen molar-refractivity contribution in [3.63, 3.8) is 0 Å². The highest BCUT2D eigenvalue weighted by atomic mass is 35.5. The second-order valence-corrected chi connectivity index (χ2v) is 8.01. The van der Waals surface area contributed by atoms with Crippen LogP contribution in [0.3, 0.4) is 0 Å². The van der Waals surface area contributed by atoms with Crippen molar-refractivity contribution >= 4 is 34.3 Å². The van der Waals surface area contributed by atoms with Crippen molar-refractivity contribution in [1.82, 2.24) is 4.98 Å². The summed E-state index contributed by atoms with van der Waals surface area (Å²) in [6.45, 7) is 4.10. The molecular formula is C26H19ClN2O3. The van der Waals surface area contributed by atoms with Gasteiger partial charge < -0.3 is 14.2 Å². The molecule has 5 nitrogen and oxygen atoms in total. The first-order valence-corrected chi connectivity index (χ1v) is 10.5. The molecule has 0 bridgehead atoms. The molecule has 5 aromatic rings. The number of fused-ring (bicyclic) bond motifs is 1. The minimum absolute atomic E-state index is 0.219. The van der Waals surface area contributed by atoms with Crippen molar-refractivity contribution in [2.24, 2.45) is 0 Å². The van der Waals surface area contributed by atoms with Gasteiger partial charge in [-0.15, -0.1) is 0 Å². The van der Waals surface area contributed by atoms with Gasteiger partial charge in [0, 0.05) is 11.3 Å². The van der Waals surface area contributed by atoms with E-state index in [4.69, 9.17) is 20.4 Å². The molecule has 0 unspecified atom stereocenters.